The zero-order valence-electron chi connectivity index (χ0n) is 9.01. The number of hydrogen-bond donors (Lipinski definition) is 1. The highest BCUT2D eigenvalue weighted by Gasteiger charge is 2.40. The summed E-state index contributed by atoms with van der Waals surface area (Å²) in [6, 6.07) is 1.19. The molecule has 2 bridgehead atoms. The molecular weight excluding hydrogens is 207 g/mol. The molecule has 0 aromatic carbocycles. The summed E-state index contributed by atoms with van der Waals surface area (Å²) in [7, 11) is 0. The van der Waals surface area contributed by atoms with Crippen LogP contribution in [0.2, 0.25) is 0 Å². The lowest BCUT2D eigenvalue weighted by molar-refractivity contribution is 0.408. The molecule has 2 N–H and O–H groups in total. The van der Waals surface area contributed by atoms with E-state index in [1.165, 1.54) is 12.4 Å². The van der Waals surface area contributed by atoms with Gasteiger partial charge in [0.15, 0.2) is 5.82 Å². The molecule has 2 aliphatic rings. The van der Waals surface area contributed by atoms with Gasteiger partial charge in [-0.25, -0.2) is 14.4 Å². The maximum Gasteiger partial charge on any atom is 0.225 e. The molecular formula is C11H15FN4. The van der Waals surface area contributed by atoms with E-state index >= 15 is 0 Å². The highest BCUT2D eigenvalue weighted by molar-refractivity contribution is 5.36. The van der Waals surface area contributed by atoms with Gasteiger partial charge in [-0.3, -0.25) is 0 Å². The molecule has 2 unspecified atom stereocenters. The van der Waals surface area contributed by atoms with Crippen LogP contribution < -0.4 is 10.6 Å². The predicted molar refractivity (Wildman–Crippen MR) is 58.5 cm³/mol. The standard InChI is InChI=1S/C11H15FN4/c12-7-5-14-11(15-6-7)16-9-1-2-10(16)4-8(13)3-9/h5-6,8-10H,1-4,13H2. The third kappa shape index (κ3) is 1.55. The molecule has 3 heterocycles. The monoisotopic (exact) mass is 222 g/mol. The van der Waals surface area contributed by atoms with E-state index in [0.29, 0.717) is 24.1 Å². The van der Waals surface area contributed by atoms with Crippen molar-refractivity contribution in [2.24, 2.45) is 5.73 Å². The van der Waals surface area contributed by atoms with Gasteiger partial charge in [-0.2, -0.15) is 0 Å². The van der Waals surface area contributed by atoms with Crippen LogP contribution in [-0.4, -0.2) is 28.1 Å². The Morgan fingerprint density at radius 1 is 1.19 bits per heavy atom. The van der Waals surface area contributed by atoms with E-state index in [0.717, 1.165) is 25.7 Å². The molecule has 1 aromatic rings. The number of halogens is 1. The van der Waals surface area contributed by atoms with Gasteiger partial charge in [0.2, 0.25) is 5.95 Å². The molecule has 86 valence electrons. The van der Waals surface area contributed by atoms with Crippen LogP contribution in [-0.2, 0) is 0 Å². The molecule has 2 aliphatic heterocycles. The lowest BCUT2D eigenvalue weighted by Gasteiger charge is -2.37. The van der Waals surface area contributed by atoms with E-state index in [2.05, 4.69) is 14.9 Å². The Morgan fingerprint density at radius 2 is 1.75 bits per heavy atom. The Bertz CT molecular complexity index is 366. The van der Waals surface area contributed by atoms with Crippen molar-refractivity contribution < 1.29 is 4.39 Å². The first-order valence-electron chi connectivity index (χ1n) is 5.75. The SMILES string of the molecule is NC1CC2CCC(C1)N2c1ncc(F)cn1. The summed E-state index contributed by atoms with van der Waals surface area (Å²) in [6.07, 6.45) is 6.76. The summed E-state index contributed by atoms with van der Waals surface area (Å²) in [4.78, 5) is 10.4. The van der Waals surface area contributed by atoms with Crippen molar-refractivity contribution in [2.45, 2.75) is 43.8 Å². The Hall–Kier alpha value is -1.23. The third-order valence-electron chi connectivity index (χ3n) is 3.61. The number of fused-ring (bicyclic) bond motifs is 2. The second kappa shape index (κ2) is 3.66. The quantitative estimate of drug-likeness (QED) is 0.772. The van der Waals surface area contributed by atoms with Crippen molar-refractivity contribution in [3.8, 4) is 0 Å². The highest BCUT2D eigenvalue weighted by atomic mass is 19.1. The molecule has 2 atom stereocenters. The Labute approximate surface area is 93.7 Å². The second-order valence-electron chi connectivity index (χ2n) is 4.73. The molecule has 2 fully saturated rings. The van der Waals surface area contributed by atoms with E-state index in [1.807, 2.05) is 0 Å². The zero-order chi connectivity index (χ0) is 11.1. The summed E-state index contributed by atoms with van der Waals surface area (Å²) in [5, 5.41) is 0. The normalized spacial score (nSPS) is 33.1. The summed E-state index contributed by atoms with van der Waals surface area (Å²) in [5.41, 5.74) is 5.99. The minimum absolute atomic E-state index is 0.300. The van der Waals surface area contributed by atoms with Crippen molar-refractivity contribution in [2.75, 3.05) is 4.90 Å². The van der Waals surface area contributed by atoms with Crippen LogP contribution in [0, 0.1) is 5.82 Å². The van der Waals surface area contributed by atoms with Crippen molar-refractivity contribution in [3.63, 3.8) is 0 Å². The Morgan fingerprint density at radius 3 is 2.31 bits per heavy atom. The fourth-order valence-corrected chi connectivity index (χ4v) is 2.98. The molecule has 0 radical (unpaired) electrons. The van der Waals surface area contributed by atoms with Gasteiger partial charge in [0, 0.05) is 18.1 Å². The van der Waals surface area contributed by atoms with Gasteiger partial charge in [-0.1, -0.05) is 0 Å². The van der Waals surface area contributed by atoms with Crippen LogP contribution in [0.1, 0.15) is 25.7 Å². The summed E-state index contributed by atoms with van der Waals surface area (Å²) in [6.45, 7) is 0. The minimum atomic E-state index is -0.384. The first-order valence-corrected chi connectivity index (χ1v) is 5.75. The van der Waals surface area contributed by atoms with E-state index in [1.54, 1.807) is 0 Å². The van der Waals surface area contributed by atoms with Crippen LogP contribution in [0.15, 0.2) is 12.4 Å². The van der Waals surface area contributed by atoms with Crippen molar-refractivity contribution in [1.82, 2.24) is 9.97 Å². The molecule has 0 aliphatic carbocycles. The number of piperidine rings is 1. The van der Waals surface area contributed by atoms with Crippen molar-refractivity contribution in [3.05, 3.63) is 18.2 Å². The van der Waals surface area contributed by atoms with Crippen molar-refractivity contribution in [1.29, 1.82) is 0 Å². The van der Waals surface area contributed by atoms with Crippen molar-refractivity contribution >= 4 is 5.95 Å². The number of hydrogen-bond acceptors (Lipinski definition) is 4. The van der Waals surface area contributed by atoms with Crippen LogP contribution >= 0.6 is 0 Å². The summed E-state index contributed by atoms with van der Waals surface area (Å²) < 4.78 is 12.8. The predicted octanol–water partition coefficient (Wildman–Crippen LogP) is 1.07. The van der Waals surface area contributed by atoms with Gasteiger partial charge >= 0.3 is 0 Å². The average Bonchev–Trinajstić information content (AvgIpc) is 2.54. The molecule has 1 aromatic heterocycles. The number of nitrogens with zero attached hydrogens (tertiary/aromatic N) is 3. The van der Waals surface area contributed by atoms with Gasteiger partial charge < -0.3 is 10.6 Å². The second-order valence-corrected chi connectivity index (χ2v) is 4.73. The lowest BCUT2D eigenvalue weighted by atomic mass is 9.99. The maximum atomic E-state index is 12.8. The molecule has 0 saturated carbocycles. The maximum absolute atomic E-state index is 12.8. The van der Waals surface area contributed by atoms with Gasteiger partial charge in [0.1, 0.15) is 0 Å². The van der Waals surface area contributed by atoms with Gasteiger partial charge in [0.05, 0.1) is 12.4 Å². The van der Waals surface area contributed by atoms with E-state index < -0.39 is 0 Å². The Balaban J connectivity index is 1.88. The largest absolute Gasteiger partial charge is 0.335 e. The molecule has 0 spiro atoms. The third-order valence-corrected chi connectivity index (χ3v) is 3.61. The number of anilines is 1. The first kappa shape index (κ1) is 9.96. The van der Waals surface area contributed by atoms with Gasteiger partial charge in [0.25, 0.3) is 0 Å². The number of nitrogens with two attached hydrogens (primary N) is 1. The summed E-state index contributed by atoms with van der Waals surface area (Å²) >= 11 is 0. The van der Waals surface area contributed by atoms with E-state index in [-0.39, 0.29) is 5.82 Å². The molecule has 0 amide bonds. The number of aromatic nitrogens is 2. The van der Waals surface area contributed by atoms with E-state index in [9.17, 15) is 4.39 Å². The van der Waals surface area contributed by atoms with Gasteiger partial charge in [-0.05, 0) is 25.7 Å². The first-order chi connectivity index (χ1) is 7.74. The minimum Gasteiger partial charge on any atom is -0.335 e. The smallest absolute Gasteiger partial charge is 0.225 e. The Kier molecular flexibility index (Phi) is 2.28. The molecule has 2 saturated heterocycles. The lowest BCUT2D eigenvalue weighted by Crippen LogP contribution is -2.48. The number of rotatable bonds is 1. The zero-order valence-corrected chi connectivity index (χ0v) is 9.01. The van der Waals surface area contributed by atoms with Crippen LogP contribution in [0.3, 0.4) is 0 Å². The van der Waals surface area contributed by atoms with Crippen LogP contribution in [0.4, 0.5) is 10.3 Å². The molecule has 5 heteroatoms. The average molecular weight is 222 g/mol. The summed E-state index contributed by atoms with van der Waals surface area (Å²) in [5.74, 6) is 0.269. The van der Waals surface area contributed by atoms with E-state index in [4.69, 9.17) is 5.73 Å². The molecule has 16 heavy (non-hydrogen) atoms. The molecule has 3 rings (SSSR count). The fraction of sp³-hybridized carbons (Fsp3) is 0.636. The van der Waals surface area contributed by atoms with Crippen LogP contribution in [0.5, 0.6) is 0 Å². The fourth-order valence-electron chi connectivity index (χ4n) is 2.98. The van der Waals surface area contributed by atoms with Gasteiger partial charge in [-0.15, -0.1) is 0 Å². The topological polar surface area (TPSA) is 55.0 Å². The van der Waals surface area contributed by atoms with Crippen LogP contribution in [0.25, 0.3) is 0 Å². The molecule has 4 nitrogen and oxygen atoms in total. The highest BCUT2D eigenvalue weighted by Crippen LogP contribution is 2.36.